The zero-order valence-corrected chi connectivity index (χ0v) is 35.2. The Morgan fingerprint density at radius 3 is 2.12 bits per heavy atom. The number of fused-ring (bicyclic) bond motifs is 11. The number of rotatable bonds is 7. The zero-order chi connectivity index (χ0) is 39.1. The van der Waals surface area contributed by atoms with Gasteiger partial charge >= 0.3 is 21.1 Å². The van der Waals surface area contributed by atoms with E-state index in [1.807, 2.05) is 42.5 Å². The average Bonchev–Trinajstić information content (AvgIpc) is 3.99. The zero-order valence-electron chi connectivity index (χ0n) is 32.9. The van der Waals surface area contributed by atoms with E-state index in [0.717, 1.165) is 71.7 Å². The molecular weight excluding hydrogens is 908 g/mol. The Labute approximate surface area is 356 Å². The molecule has 0 aliphatic carbocycles. The summed E-state index contributed by atoms with van der Waals surface area (Å²) in [6.45, 7) is 9.10. The van der Waals surface area contributed by atoms with Crippen molar-refractivity contribution < 1.29 is 30.2 Å². The van der Waals surface area contributed by atoms with Crippen molar-refractivity contribution in [2.24, 2.45) is 0 Å². The number of aromatic nitrogens is 4. The summed E-state index contributed by atoms with van der Waals surface area (Å²) in [6, 6.07) is 55.6. The Bertz CT molecular complexity index is 3360. The summed E-state index contributed by atoms with van der Waals surface area (Å²) >= 11 is 0. The molecule has 0 saturated heterocycles. The second kappa shape index (κ2) is 14.4. The molecule has 4 aromatic heterocycles. The summed E-state index contributed by atoms with van der Waals surface area (Å²) in [5.74, 6) is 2.48. The number of para-hydroxylation sites is 3. The molecule has 4 heterocycles. The molecule has 0 aliphatic heterocycles. The van der Waals surface area contributed by atoms with Crippen LogP contribution in [0.25, 0.3) is 88.6 Å². The molecule has 0 atom stereocenters. The van der Waals surface area contributed by atoms with E-state index in [0.29, 0.717) is 11.5 Å². The van der Waals surface area contributed by atoms with Gasteiger partial charge in [-0.25, -0.2) is 0 Å². The van der Waals surface area contributed by atoms with Gasteiger partial charge in [-0.2, -0.15) is 0 Å². The molecule has 7 aromatic carbocycles. The number of ether oxygens (including phenoxy) is 1. The SMILES string of the molecule is CC(C)c1cc(-c2ccccc2)cc(C(C)C)c1-n1c(-c2[c-]c(Oc3[c-]c4c(cc3)c3ccccc3n3c4nc4ccc5occc5c43)ccc2)nc2ccccc21.[Pt+2]. The molecule has 0 radical (unpaired) electrons. The van der Waals surface area contributed by atoms with Crippen molar-refractivity contribution in [3.63, 3.8) is 0 Å². The van der Waals surface area contributed by atoms with Gasteiger partial charge in [0.05, 0.1) is 39.8 Å². The maximum absolute atomic E-state index is 6.65. The predicted octanol–water partition coefficient (Wildman–Crippen LogP) is 13.8. The molecule has 0 fully saturated rings. The molecule has 6 nitrogen and oxygen atoms in total. The predicted molar refractivity (Wildman–Crippen MR) is 235 cm³/mol. The van der Waals surface area contributed by atoms with Crippen LogP contribution >= 0.6 is 0 Å². The van der Waals surface area contributed by atoms with Gasteiger partial charge in [-0.3, -0.25) is 9.97 Å². The van der Waals surface area contributed by atoms with Crippen LogP contribution in [0.1, 0.15) is 50.7 Å². The normalized spacial score (nSPS) is 11.9. The Morgan fingerprint density at radius 1 is 0.593 bits per heavy atom. The minimum absolute atomic E-state index is 0. The van der Waals surface area contributed by atoms with Gasteiger partial charge in [-0.1, -0.05) is 117 Å². The van der Waals surface area contributed by atoms with Crippen molar-refractivity contribution in [2.75, 3.05) is 0 Å². The molecule has 0 spiro atoms. The van der Waals surface area contributed by atoms with Crippen LogP contribution < -0.4 is 4.74 Å². The van der Waals surface area contributed by atoms with Gasteiger partial charge in [0.15, 0.2) is 0 Å². The van der Waals surface area contributed by atoms with Crippen LogP contribution in [0.15, 0.2) is 150 Å². The molecule has 0 unspecified atom stereocenters. The fourth-order valence-corrected chi connectivity index (χ4v) is 8.65. The third kappa shape index (κ3) is 5.96. The van der Waals surface area contributed by atoms with Gasteiger partial charge in [0.25, 0.3) is 0 Å². The van der Waals surface area contributed by atoms with Crippen LogP contribution in [0.4, 0.5) is 0 Å². The van der Waals surface area contributed by atoms with Crippen LogP contribution in [-0.4, -0.2) is 18.9 Å². The molecule has 0 bridgehead atoms. The molecule has 7 heteroatoms. The topological polar surface area (TPSA) is 57.5 Å². The molecule has 288 valence electrons. The summed E-state index contributed by atoms with van der Waals surface area (Å²) in [7, 11) is 0. The van der Waals surface area contributed by atoms with Gasteiger partial charge in [0.2, 0.25) is 0 Å². The van der Waals surface area contributed by atoms with Crippen molar-refractivity contribution in [3.8, 4) is 39.7 Å². The number of hydrogen-bond donors (Lipinski definition) is 0. The largest absolute Gasteiger partial charge is 2.00 e. The van der Waals surface area contributed by atoms with Gasteiger partial charge in [0.1, 0.15) is 5.58 Å². The average molecular weight is 946 g/mol. The molecule has 11 rings (SSSR count). The van der Waals surface area contributed by atoms with E-state index >= 15 is 0 Å². The fraction of sp³-hybridized carbons (Fsp3) is 0.115. The summed E-state index contributed by atoms with van der Waals surface area (Å²) in [6.07, 6.45) is 1.73. The van der Waals surface area contributed by atoms with E-state index in [2.05, 4.69) is 146 Å². The first-order valence-electron chi connectivity index (χ1n) is 19.9. The van der Waals surface area contributed by atoms with Gasteiger partial charge in [-0.05, 0) is 88.0 Å². The molecule has 0 aliphatic rings. The first-order chi connectivity index (χ1) is 28.4. The van der Waals surface area contributed by atoms with Crippen molar-refractivity contribution in [1.82, 2.24) is 18.9 Å². The second-order valence-electron chi connectivity index (χ2n) is 15.6. The number of pyridine rings is 1. The van der Waals surface area contributed by atoms with Crippen LogP contribution in [0.3, 0.4) is 0 Å². The van der Waals surface area contributed by atoms with Crippen LogP contribution in [0, 0.1) is 12.1 Å². The first kappa shape index (κ1) is 36.8. The van der Waals surface area contributed by atoms with Crippen molar-refractivity contribution in [1.29, 1.82) is 0 Å². The molecular formula is C52H38N4O2Pt. The first-order valence-corrected chi connectivity index (χ1v) is 19.9. The summed E-state index contributed by atoms with van der Waals surface area (Å²) in [4.78, 5) is 10.4. The Balaban J connectivity index is 0.00000420. The van der Waals surface area contributed by atoms with E-state index in [1.54, 1.807) is 6.26 Å². The van der Waals surface area contributed by atoms with E-state index < -0.39 is 0 Å². The summed E-state index contributed by atoms with van der Waals surface area (Å²) in [5.41, 5.74) is 13.6. The van der Waals surface area contributed by atoms with E-state index in [1.165, 1.54) is 27.9 Å². The van der Waals surface area contributed by atoms with E-state index in [-0.39, 0.29) is 32.9 Å². The number of furan rings is 1. The quantitative estimate of drug-likeness (QED) is 0.118. The van der Waals surface area contributed by atoms with Gasteiger partial charge < -0.3 is 18.1 Å². The van der Waals surface area contributed by atoms with Crippen LogP contribution in [0.2, 0.25) is 0 Å². The molecule has 11 aromatic rings. The Morgan fingerprint density at radius 2 is 1.32 bits per heavy atom. The third-order valence-electron chi connectivity index (χ3n) is 11.4. The van der Waals surface area contributed by atoms with Gasteiger partial charge in [-0.15, -0.1) is 29.8 Å². The summed E-state index contributed by atoms with van der Waals surface area (Å²) in [5, 5.41) is 4.06. The maximum Gasteiger partial charge on any atom is 2.00 e. The fourth-order valence-electron chi connectivity index (χ4n) is 8.65. The monoisotopic (exact) mass is 945 g/mol. The van der Waals surface area contributed by atoms with Crippen molar-refractivity contribution >= 4 is 60.4 Å². The minimum Gasteiger partial charge on any atom is -0.497 e. The summed E-state index contributed by atoms with van der Waals surface area (Å²) < 4.78 is 17.0. The van der Waals surface area contributed by atoms with Crippen LogP contribution in [-0.2, 0) is 21.1 Å². The second-order valence-corrected chi connectivity index (χ2v) is 15.6. The smallest absolute Gasteiger partial charge is 0.497 e. The molecule has 0 saturated carbocycles. The van der Waals surface area contributed by atoms with Crippen LogP contribution in [0.5, 0.6) is 11.5 Å². The van der Waals surface area contributed by atoms with Gasteiger partial charge in [0, 0.05) is 28.1 Å². The molecule has 59 heavy (non-hydrogen) atoms. The Kier molecular flexibility index (Phi) is 8.99. The molecule has 0 N–H and O–H groups in total. The molecule has 0 amide bonds. The van der Waals surface area contributed by atoms with E-state index in [9.17, 15) is 0 Å². The maximum atomic E-state index is 6.65. The van der Waals surface area contributed by atoms with Crippen molar-refractivity contribution in [2.45, 2.75) is 39.5 Å². The number of benzene rings is 7. The number of hydrogen-bond acceptors (Lipinski definition) is 4. The standard InChI is InChI=1S/C52H38N4O2.Pt/c1-31(2)41-28-35(33-13-6-5-7-14-33)29-42(32(3)4)49(41)56-47-20-11-9-18-44(47)53-51(56)34-15-12-16-36(27-34)58-37-21-22-38-39-17-8-10-19-46(39)55-50-40-25-26-57-48(40)24-23-45(50)54-52(55)43(38)30-37;/h5-26,28-29,31-32H,1-4H3;/q-2;+2. The third-order valence-corrected chi connectivity index (χ3v) is 11.4. The Hall–Kier alpha value is -6.49. The van der Waals surface area contributed by atoms with Crippen molar-refractivity contribution in [3.05, 3.63) is 169 Å². The number of nitrogens with zero attached hydrogens (tertiary/aromatic N) is 4. The number of imidazole rings is 2. The minimum atomic E-state index is 0. The van der Waals surface area contributed by atoms with E-state index in [4.69, 9.17) is 19.1 Å².